The summed E-state index contributed by atoms with van der Waals surface area (Å²) in [7, 11) is 0. The van der Waals surface area contributed by atoms with E-state index in [9.17, 15) is 13.2 Å². The summed E-state index contributed by atoms with van der Waals surface area (Å²) in [6, 6.07) is 4.04. The van der Waals surface area contributed by atoms with Crippen LogP contribution in [0, 0.1) is 11.7 Å². The van der Waals surface area contributed by atoms with E-state index in [0.717, 1.165) is 0 Å². The molecular weight excluding hydrogens is 225 g/mol. The largest absolute Gasteiger partial charge is 0.490 e. The number of rotatable bonds is 3. The molecule has 0 spiro atoms. The van der Waals surface area contributed by atoms with E-state index in [1.807, 2.05) is 0 Å². The van der Waals surface area contributed by atoms with Crippen LogP contribution < -0.4 is 4.74 Å². The van der Waals surface area contributed by atoms with Gasteiger partial charge in [0.05, 0.1) is 12.5 Å². The molecule has 1 aliphatic carbocycles. The average molecular weight is 234 g/mol. The van der Waals surface area contributed by atoms with Gasteiger partial charge in [0.1, 0.15) is 0 Å². The topological polar surface area (TPSA) is 9.23 Å². The first-order valence-electron chi connectivity index (χ1n) is 4.48. The van der Waals surface area contributed by atoms with Gasteiger partial charge in [0.15, 0.2) is 11.6 Å². The summed E-state index contributed by atoms with van der Waals surface area (Å²) in [6.45, 7) is -0.152. The molecule has 1 nitrogen and oxygen atoms in total. The molecule has 0 bridgehead atoms. The van der Waals surface area contributed by atoms with Gasteiger partial charge in [-0.15, -0.1) is 12.6 Å². The summed E-state index contributed by atoms with van der Waals surface area (Å²) < 4.78 is 43.0. The fourth-order valence-electron chi connectivity index (χ4n) is 1.24. The summed E-state index contributed by atoms with van der Waals surface area (Å²) >= 11 is 4.00. The van der Waals surface area contributed by atoms with Gasteiger partial charge in [-0.1, -0.05) is 0 Å². The maximum Gasteiger partial charge on any atom is 0.255 e. The monoisotopic (exact) mass is 234 g/mol. The van der Waals surface area contributed by atoms with Crippen LogP contribution in [0.2, 0.25) is 0 Å². The third-order valence-corrected chi connectivity index (χ3v) is 2.59. The number of halogens is 3. The summed E-state index contributed by atoms with van der Waals surface area (Å²) in [5, 5.41) is 0. The van der Waals surface area contributed by atoms with E-state index < -0.39 is 17.7 Å². The highest BCUT2D eigenvalue weighted by Gasteiger charge is 2.57. The smallest absolute Gasteiger partial charge is 0.255 e. The van der Waals surface area contributed by atoms with E-state index in [2.05, 4.69) is 12.6 Å². The Hall–Kier alpha value is -0.840. The second kappa shape index (κ2) is 3.63. The van der Waals surface area contributed by atoms with Gasteiger partial charge in [-0.05, 0) is 18.2 Å². The Bertz CT molecular complexity index is 381. The van der Waals surface area contributed by atoms with Crippen LogP contribution >= 0.6 is 12.6 Å². The molecule has 82 valence electrons. The van der Waals surface area contributed by atoms with Crippen LogP contribution in [-0.4, -0.2) is 12.5 Å². The maximum atomic E-state index is 13.1. The van der Waals surface area contributed by atoms with E-state index in [4.69, 9.17) is 4.74 Å². The molecule has 1 fully saturated rings. The molecule has 0 heterocycles. The summed E-state index contributed by atoms with van der Waals surface area (Å²) in [6.07, 6.45) is -0.171. The van der Waals surface area contributed by atoms with Gasteiger partial charge < -0.3 is 4.74 Å². The van der Waals surface area contributed by atoms with Crippen LogP contribution in [0.1, 0.15) is 6.42 Å². The minimum atomic E-state index is -2.63. The lowest BCUT2D eigenvalue weighted by atomic mass is 10.3. The maximum absolute atomic E-state index is 13.1. The lowest BCUT2D eigenvalue weighted by Gasteiger charge is -2.06. The molecule has 0 aliphatic heterocycles. The molecule has 5 heteroatoms. The zero-order valence-electron chi connectivity index (χ0n) is 7.71. The van der Waals surface area contributed by atoms with Crippen LogP contribution in [0.25, 0.3) is 0 Å². The molecule has 0 aromatic heterocycles. The molecule has 0 N–H and O–H groups in total. The molecule has 1 aliphatic rings. The molecule has 1 aromatic rings. The molecule has 2 rings (SSSR count). The Balaban J connectivity index is 1.96. The van der Waals surface area contributed by atoms with Gasteiger partial charge in [-0.25, -0.2) is 13.2 Å². The van der Waals surface area contributed by atoms with Crippen molar-refractivity contribution in [3.8, 4) is 5.75 Å². The molecule has 1 unspecified atom stereocenters. The first kappa shape index (κ1) is 10.7. The van der Waals surface area contributed by atoms with Crippen LogP contribution in [0.5, 0.6) is 5.75 Å². The van der Waals surface area contributed by atoms with E-state index in [1.54, 1.807) is 0 Å². The minimum Gasteiger partial charge on any atom is -0.490 e. The Labute approximate surface area is 90.7 Å². The van der Waals surface area contributed by atoms with Gasteiger partial charge in [0, 0.05) is 11.3 Å². The Morgan fingerprint density at radius 3 is 2.73 bits per heavy atom. The Kier molecular flexibility index (Phi) is 2.58. The van der Waals surface area contributed by atoms with Gasteiger partial charge >= 0.3 is 0 Å². The van der Waals surface area contributed by atoms with Crippen molar-refractivity contribution >= 4 is 12.6 Å². The number of hydrogen-bond acceptors (Lipinski definition) is 2. The highest BCUT2D eigenvalue weighted by Crippen LogP contribution is 2.48. The predicted octanol–water partition coefficient (Wildman–Crippen LogP) is 3.15. The highest BCUT2D eigenvalue weighted by molar-refractivity contribution is 7.80. The van der Waals surface area contributed by atoms with Gasteiger partial charge in [0.2, 0.25) is 0 Å². The lowest BCUT2D eigenvalue weighted by molar-refractivity contribution is 0.0849. The average Bonchev–Trinajstić information content (AvgIpc) is 2.76. The quantitative estimate of drug-likeness (QED) is 0.790. The normalized spacial score (nSPS) is 22.5. The zero-order valence-corrected chi connectivity index (χ0v) is 8.61. The third kappa shape index (κ3) is 2.40. The molecule has 15 heavy (non-hydrogen) atoms. The van der Waals surface area contributed by atoms with Crippen molar-refractivity contribution < 1.29 is 17.9 Å². The molecule has 1 aromatic carbocycles. The summed E-state index contributed by atoms with van der Waals surface area (Å²) in [5.74, 6) is -3.99. The van der Waals surface area contributed by atoms with Crippen molar-refractivity contribution in [3.63, 3.8) is 0 Å². The van der Waals surface area contributed by atoms with Gasteiger partial charge in [0.25, 0.3) is 5.92 Å². The van der Waals surface area contributed by atoms with Crippen LogP contribution in [0.15, 0.2) is 23.1 Å². The van der Waals surface area contributed by atoms with Crippen LogP contribution in [0.3, 0.4) is 0 Å². The fraction of sp³-hybridized carbons (Fsp3) is 0.400. The third-order valence-electron chi connectivity index (χ3n) is 2.31. The first-order chi connectivity index (χ1) is 6.99. The zero-order chi connectivity index (χ0) is 11.1. The Morgan fingerprint density at radius 2 is 2.13 bits per heavy atom. The highest BCUT2D eigenvalue weighted by atomic mass is 32.1. The van der Waals surface area contributed by atoms with Crippen molar-refractivity contribution in [1.29, 1.82) is 0 Å². The second-order valence-corrected chi connectivity index (χ2v) is 4.10. The van der Waals surface area contributed by atoms with Crippen molar-refractivity contribution in [2.75, 3.05) is 6.61 Å². The van der Waals surface area contributed by atoms with Crippen LogP contribution in [0.4, 0.5) is 13.2 Å². The second-order valence-electron chi connectivity index (χ2n) is 3.59. The molecular formula is C10H9F3OS. The van der Waals surface area contributed by atoms with Gasteiger partial charge in [-0.3, -0.25) is 0 Å². The summed E-state index contributed by atoms with van der Waals surface area (Å²) in [4.78, 5) is 0.536. The van der Waals surface area contributed by atoms with E-state index in [0.29, 0.717) is 4.90 Å². The van der Waals surface area contributed by atoms with E-state index in [-0.39, 0.29) is 18.8 Å². The summed E-state index contributed by atoms with van der Waals surface area (Å²) in [5.41, 5.74) is 0. The minimum absolute atomic E-state index is 0.0230. The molecule has 1 saturated carbocycles. The van der Waals surface area contributed by atoms with Crippen molar-refractivity contribution in [3.05, 3.63) is 24.0 Å². The van der Waals surface area contributed by atoms with Crippen molar-refractivity contribution in [2.24, 2.45) is 5.92 Å². The standard InChI is InChI=1S/C10H9F3OS/c11-8-2-1-7(15)3-9(8)14-5-6-4-10(6,12)13/h1-3,6,15H,4-5H2. The van der Waals surface area contributed by atoms with E-state index >= 15 is 0 Å². The molecule has 1 atom stereocenters. The first-order valence-corrected chi connectivity index (χ1v) is 4.93. The number of thiol groups is 1. The number of hydrogen-bond donors (Lipinski definition) is 1. The lowest BCUT2D eigenvalue weighted by Crippen LogP contribution is -2.06. The van der Waals surface area contributed by atoms with Crippen molar-refractivity contribution in [2.45, 2.75) is 17.2 Å². The number of benzene rings is 1. The fourth-order valence-corrected chi connectivity index (χ4v) is 1.44. The SMILES string of the molecule is Fc1ccc(S)cc1OCC1CC1(F)F. The van der Waals surface area contributed by atoms with Gasteiger partial charge in [-0.2, -0.15) is 0 Å². The molecule has 0 saturated heterocycles. The molecule has 0 radical (unpaired) electrons. The number of alkyl halides is 2. The van der Waals surface area contributed by atoms with Crippen molar-refractivity contribution in [1.82, 2.24) is 0 Å². The Morgan fingerprint density at radius 1 is 1.47 bits per heavy atom. The van der Waals surface area contributed by atoms with Crippen LogP contribution in [-0.2, 0) is 0 Å². The van der Waals surface area contributed by atoms with E-state index in [1.165, 1.54) is 18.2 Å². The number of ether oxygens (including phenoxy) is 1. The predicted molar refractivity (Wildman–Crippen MR) is 52.2 cm³/mol. The molecule has 0 amide bonds.